The minimum atomic E-state index is -5.83. The number of carbonyl (C=O) groups is 2. The zero-order valence-corrected chi connectivity index (χ0v) is 16.7. The topological polar surface area (TPSA) is 61.8 Å². The Morgan fingerprint density at radius 2 is 1.31 bits per heavy atom. The first kappa shape index (κ1) is 24.7. The molecule has 0 bridgehead atoms. The van der Waals surface area contributed by atoms with Crippen LogP contribution in [-0.2, 0) is 23.2 Å². The maximum Gasteiger partial charge on any atom is 0.434 e. The Morgan fingerprint density at radius 3 is 1.69 bits per heavy atom. The van der Waals surface area contributed by atoms with Gasteiger partial charge in [0, 0.05) is 12.2 Å². The van der Waals surface area contributed by atoms with Gasteiger partial charge >= 0.3 is 24.3 Å². The molecule has 0 atom stereocenters. The fourth-order valence-electron chi connectivity index (χ4n) is 1.76. The molecule has 0 saturated heterocycles. The Balaban J connectivity index is 4.71. The Kier molecular flexibility index (Phi) is 8.12. The number of hydrogen-bond donors (Lipinski definition) is 0. The molecule has 26 heavy (non-hydrogen) atoms. The second kappa shape index (κ2) is 8.56. The van der Waals surface area contributed by atoms with Crippen LogP contribution in [0.1, 0.15) is 0 Å². The third-order valence-electron chi connectivity index (χ3n) is 2.33. The van der Waals surface area contributed by atoms with Crippen LogP contribution < -0.4 is 0 Å². The lowest BCUT2D eigenvalue weighted by atomic mass is 10.3. The van der Waals surface area contributed by atoms with Crippen molar-refractivity contribution in [1.82, 2.24) is 0 Å². The van der Waals surface area contributed by atoms with Crippen LogP contribution in [-0.4, -0.2) is 53.3 Å². The van der Waals surface area contributed by atoms with Gasteiger partial charge in [0.15, 0.2) is 8.32 Å². The van der Waals surface area contributed by atoms with Gasteiger partial charge in [-0.25, -0.2) is 9.59 Å². The Labute approximate surface area is 148 Å². The van der Waals surface area contributed by atoms with E-state index in [1.807, 2.05) is 19.6 Å². The van der Waals surface area contributed by atoms with Gasteiger partial charge in [-0.1, -0.05) is 0 Å². The van der Waals surface area contributed by atoms with E-state index in [1.165, 1.54) is 0 Å². The maximum absolute atomic E-state index is 12.2. The van der Waals surface area contributed by atoms with Crippen molar-refractivity contribution in [3.63, 3.8) is 0 Å². The molecule has 0 fully saturated rings. The molecule has 0 unspecified atom stereocenters. The van der Waals surface area contributed by atoms with E-state index in [0.29, 0.717) is 6.08 Å². The van der Waals surface area contributed by atoms with Crippen LogP contribution in [0.5, 0.6) is 0 Å². The molecule has 0 aliphatic rings. The predicted molar refractivity (Wildman–Crippen MR) is 84.0 cm³/mol. The number of alkyl halides is 6. The SMILES string of the molecule is C[Si](C)(C)O[Si](C)(C)COC(=O)/C=C/C(=O)OC(C(F)(F)F)C(F)(F)F. The summed E-state index contributed by atoms with van der Waals surface area (Å²) in [6.45, 7) is 9.33. The number of rotatable bonds is 7. The van der Waals surface area contributed by atoms with Crippen molar-refractivity contribution in [3.8, 4) is 0 Å². The summed E-state index contributed by atoms with van der Waals surface area (Å²) in [6.07, 6.45) is -15.5. The molecule has 0 aromatic heterocycles. The molecule has 0 aromatic carbocycles. The summed E-state index contributed by atoms with van der Waals surface area (Å²) in [7, 11) is -4.25. The van der Waals surface area contributed by atoms with E-state index in [-0.39, 0.29) is 12.3 Å². The van der Waals surface area contributed by atoms with Gasteiger partial charge < -0.3 is 13.6 Å². The minimum Gasteiger partial charge on any atom is -0.463 e. The summed E-state index contributed by atoms with van der Waals surface area (Å²) in [5.74, 6) is -3.09. The van der Waals surface area contributed by atoms with Crippen molar-refractivity contribution in [2.75, 3.05) is 6.23 Å². The lowest BCUT2D eigenvalue weighted by molar-refractivity contribution is -0.312. The quantitative estimate of drug-likeness (QED) is 0.269. The second-order valence-corrected chi connectivity index (χ2v) is 15.7. The fourth-order valence-corrected chi connectivity index (χ4v) is 9.12. The summed E-state index contributed by atoms with van der Waals surface area (Å²) in [5.41, 5.74) is 0. The lowest BCUT2D eigenvalue weighted by Gasteiger charge is -2.30. The molecule has 13 heteroatoms. The van der Waals surface area contributed by atoms with Gasteiger partial charge in [-0.3, -0.25) is 0 Å². The molecule has 0 saturated carbocycles. The van der Waals surface area contributed by atoms with Gasteiger partial charge in [-0.05, 0) is 32.7 Å². The second-order valence-electron chi connectivity index (χ2n) is 6.82. The minimum absolute atomic E-state index is 0.0940. The maximum atomic E-state index is 12.2. The molecule has 0 radical (unpaired) electrons. The average Bonchev–Trinajstić information content (AvgIpc) is 2.35. The number of esters is 2. The molecule has 0 aliphatic heterocycles. The monoisotopic (exact) mass is 426 g/mol. The number of ether oxygens (including phenoxy) is 2. The zero-order chi connectivity index (χ0) is 21.0. The summed E-state index contributed by atoms with van der Waals surface area (Å²) >= 11 is 0. The van der Waals surface area contributed by atoms with Crippen LogP contribution in [0.15, 0.2) is 12.2 Å². The van der Waals surface area contributed by atoms with E-state index in [1.54, 1.807) is 13.1 Å². The van der Waals surface area contributed by atoms with Crippen LogP contribution in [0.2, 0.25) is 32.7 Å². The van der Waals surface area contributed by atoms with Crippen molar-refractivity contribution < 1.29 is 49.5 Å². The largest absolute Gasteiger partial charge is 0.463 e. The van der Waals surface area contributed by atoms with Crippen LogP contribution in [0, 0.1) is 0 Å². The molecule has 0 heterocycles. The summed E-state index contributed by atoms with van der Waals surface area (Å²) < 4.78 is 87.5. The normalized spacial score (nSPS) is 14.0. The van der Waals surface area contributed by atoms with Gasteiger partial charge in [0.2, 0.25) is 8.32 Å². The van der Waals surface area contributed by atoms with E-state index < -0.39 is 47.0 Å². The van der Waals surface area contributed by atoms with Gasteiger partial charge in [-0.2, -0.15) is 26.3 Å². The molecule has 5 nitrogen and oxygen atoms in total. The molecule has 0 spiro atoms. The van der Waals surface area contributed by atoms with E-state index >= 15 is 0 Å². The molecule has 152 valence electrons. The molecule has 0 rings (SSSR count). The number of carbonyl (C=O) groups excluding carboxylic acids is 2. The third kappa shape index (κ3) is 10.6. The van der Waals surface area contributed by atoms with Gasteiger partial charge in [0.05, 0.1) is 0 Å². The Morgan fingerprint density at radius 1 is 0.885 bits per heavy atom. The molecular weight excluding hydrogens is 406 g/mol. The highest BCUT2D eigenvalue weighted by molar-refractivity contribution is 6.84. The molecule has 0 amide bonds. The van der Waals surface area contributed by atoms with Gasteiger partial charge in [-0.15, -0.1) is 0 Å². The van der Waals surface area contributed by atoms with Crippen LogP contribution in [0.25, 0.3) is 0 Å². The summed E-state index contributed by atoms with van der Waals surface area (Å²) in [6, 6.07) is 0. The molecule has 0 N–H and O–H groups in total. The fraction of sp³-hybridized carbons (Fsp3) is 0.692. The molecule has 0 aromatic rings. The smallest absolute Gasteiger partial charge is 0.434 e. The number of hydrogen-bond acceptors (Lipinski definition) is 5. The van der Waals surface area contributed by atoms with Crippen molar-refractivity contribution >= 4 is 28.6 Å². The van der Waals surface area contributed by atoms with Gasteiger partial charge in [0.25, 0.3) is 6.10 Å². The standard InChI is InChI=1S/C13H20F6O5Si2/c1-25(2,3)24-26(4,5)8-22-9(20)6-7-10(21)23-11(12(14,15)16)13(17,18)19/h6-7,11H,8H2,1-5H3/b7-6+. The van der Waals surface area contributed by atoms with E-state index in [4.69, 9.17) is 8.85 Å². The van der Waals surface area contributed by atoms with Crippen molar-refractivity contribution in [2.24, 2.45) is 0 Å². The van der Waals surface area contributed by atoms with E-state index in [0.717, 1.165) is 0 Å². The van der Waals surface area contributed by atoms with Crippen molar-refractivity contribution in [3.05, 3.63) is 12.2 Å². The first-order valence-corrected chi connectivity index (χ1v) is 13.7. The highest BCUT2D eigenvalue weighted by Crippen LogP contribution is 2.35. The predicted octanol–water partition coefficient (Wildman–Crippen LogP) is 3.72. The van der Waals surface area contributed by atoms with Crippen LogP contribution in [0.3, 0.4) is 0 Å². The summed E-state index contributed by atoms with van der Waals surface area (Å²) in [4.78, 5) is 22.6. The highest BCUT2D eigenvalue weighted by atomic mass is 28.4. The summed E-state index contributed by atoms with van der Waals surface area (Å²) in [5, 5.41) is 0. The number of halogens is 6. The van der Waals surface area contributed by atoms with E-state index in [2.05, 4.69) is 4.74 Å². The Bertz CT molecular complexity index is 523. The molecule has 0 aliphatic carbocycles. The van der Waals surface area contributed by atoms with Crippen molar-refractivity contribution in [1.29, 1.82) is 0 Å². The molecular formula is C13H20F6O5Si2. The zero-order valence-electron chi connectivity index (χ0n) is 14.7. The lowest BCUT2D eigenvalue weighted by Crippen LogP contribution is -2.46. The van der Waals surface area contributed by atoms with Crippen molar-refractivity contribution in [2.45, 2.75) is 51.2 Å². The van der Waals surface area contributed by atoms with Crippen LogP contribution >= 0.6 is 0 Å². The average molecular weight is 426 g/mol. The van der Waals surface area contributed by atoms with Crippen LogP contribution in [0.4, 0.5) is 26.3 Å². The first-order chi connectivity index (χ1) is 11.3. The Hall–Kier alpha value is -1.35. The van der Waals surface area contributed by atoms with Gasteiger partial charge in [0.1, 0.15) is 6.23 Å². The van der Waals surface area contributed by atoms with E-state index in [9.17, 15) is 35.9 Å². The first-order valence-electron chi connectivity index (χ1n) is 7.22. The highest BCUT2D eigenvalue weighted by Gasteiger charge is 2.59. The third-order valence-corrected chi connectivity index (χ3v) is 7.83.